The SMILES string of the molecule is CC(C)(C)CC1(C(C)(C)C)CCC2(CC2)C1. The van der Waals surface area contributed by atoms with Gasteiger partial charge in [0.2, 0.25) is 0 Å². The molecule has 0 N–H and O–H groups in total. The Hall–Kier alpha value is 0. The average molecular weight is 222 g/mol. The van der Waals surface area contributed by atoms with E-state index in [1.165, 1.54) is 38.5 Å². The second kappa shape index (κ2) is 3.27. The van der Waals surface area contributed by atoms with Crippen LogP contribution in [-0.2, 0) is 0 Å². The van der Waals surface area contributed by atoms with Crippen LogP contribution >= 0.6 is 0 Å². The second-order valence-electron chi connectivity index (χ2n) is 8.94. The summed E-state index contributed by atoms with van der Waals surface area (Å²) < 4.78 is 0. The van der Waals surface area contributed by atoms with E-state index in [9.17, 15) is 0 Å². The van der Waals surface area contributed by atoms with Crippen LogP contribution in [-0.4, -0.2) is 0 Å². The molecule has 2 rings (SSSR count). The van der Waals surface area contributed by atoms with Crippen LogP contribution in [0.25, 0.3) is 0 Å². The summed E-state index contributed by atoms with van der Waals surface area (Å²) in [5.41, 5.74) is 2.38. The van der Waals surface area contributed by atoms with E-state index in [0.717, 1.165) is 5.41 Å². The Bertz CT molecular complexity index is 269. The van der Waals surface area contributed by atoms with E-state index in [4.69, 9.17) is 0 Å². The van der Waals surface area contributed by atoms with E-state index >= 15 is 0 Å². The van der Waals surface area contributed by atoms with Gasteiger partial charge < -0.3 is 0 Å². The van der Waals surface area contributed by atoms with Crippen molar-refractivity contribution in [2.24, 2.45) is 21.7 Å². The lowest BCUT2D eigenvalue weighted by atomic mass is 9.59. The maximum absolute atomic E-state index is 2.47. The van der Waals surface area contributed by atoms with Crippen molar-refractivity contribution in [3.8, 4) is 0 Å². The smallest absolute Gasteiger partial charge is 0.0238 e. The van der Waals surface area contributed by atoms with Crippen LogP contribution in [0.3, 0.4) is 0 Å². The Balaban J connectivity index is 2.21. The van der Waals surface area contributed by atoms with Gasteiger partial charge in [-0.3, -0.25) is 0 Å². The van der Waals surface area contributed by atoms with E-state index in [-0.39, 0.29) is 0 Å². The molecular weight excluding hydrogens is 192 g/mol. The molecular formula is C16H30. The lowest BCUT2D eigenvalue weighted by Gasteiger charge is -2.46. The third-order valence-corrected chi connectivity index (χ3v) is 5.26. The molecule has 0 aromatic carbocycles. The number of rotatable bonds is 1. The van der Waals surface area contributed by atoms with Gasteiger partial charge in [-0.05, 0) is 60.2 Å². The molecule has 1 spiro atoms. The Kier molecular flexibility index (Phi) is 2.54. The highest BCUT2D eigenvalue weighted by Crippen LogP contribution is 2.69. The van der Waals surface area contributed by atoms with Gasteiger partial charge in [-0.1, -0.05) is 41.5 Å². The first kappa shape index (κ1) is 12.5. The quantitative estimate of drug-likeness (QED) is 0.556. The van der Waals surface area contributed by atoms with Gasteiger partial charge in [-0.15, -0.1) is 0 Å². The normalized spacial score (nSPS) is 33.4. The molecule has 2 aliphatic carbocycles. The molecule has 16 heavy (non-hydrogen) atoms. The predicted molar refractivity (Wildman–Crippen MR) is 71.5 cm³/mol. The van der Waals surface area contributed by atoms with E-state index in [0.29, 0.717) is 16.2 Å². The van der Waals surface area contributed by atoms with Crippen LogP contribution in [0.1, 0.15) is 80.1 Å². The van der Waals surface area contributed by atoms with Crippen molar-refractivity contribution < 1.29 is 0 Å². The second-order valence-corrected chi connectivity index (χ2v) is 8.94. The van der Waals surface area contributed by atoms with E-state index in [2.05, 4.69) is 41.5 Å². The lowest BCUT2D eigenvalue weighted by molar-refractivity contribution is 0.0362. The highest BCUT2D eigenvalue weighted by Gasteiger charge is 2.58. The fourth-order valence-corrected chi connectivity index (χ4v) is 4.07. The zero-order valence-corrected chi connectivity index (χ0v) is 12.2. The summed E-state index contributed by atoms with van der Waals surface area (Å²) in [5, 5.41) is 0. The van der Waals surface area contributed by atoms with Crippen LogP contribution in [0.4, 0.5) is 0 Å². The maximum Gasteiger partial charge on any atom is -0.0238 e. The molecule has 2 saturated carbocycles. The lowest BCUT2D eigenvalue weighted by Crippen LogP contribution is -2.37. The summed E-state index contributed by atoms with van der Waals surface area (Å²) in [6, 6.07) is 0. The molecule has 2 fully saturated rings. The minimum atomic E-state index is 0.479. The van der Waals surface area contributed by atoms with Crippen LogP contribution in [0.15, 0.2) is 0 Å². The Morgan fingerprint density at radius 2 is 1.31 bits per heavy atom. The van der Waals surface area contributed by atoms with Crippen LogP contribution in [0.2, 0.25) is 0 Å². The van der Waals surface area contributed by atoms with Crippen molar-refractivity contribution in [3.63, 3.8) is 0 Å². The monoisotopic (exact) mass is 222 g/mol. The number of hydrogen-bond acceptors (Lipinski definition) is 0. The fourth-order valence-electron chi connectivity index (χ4n) is 4.07. The van der Waals surface area contributed by atoms with Crippen molar-refractivity contribution in [1.82, 2.24) is 0 Å². The molecule has 94 valence electrons. The van der Waals surface area contributed by atoms with Crippen LogP contribution in [0, 0.1) is 21.7 Å². The van der Waals surface area contributed by atoms with E-state index in [1.807, 2.05) is 0 Å². The summed E-state index contributed by atoms with van der Waals surface area (Å²) in [7, 11) is 0. The summed E-state index contributed by atoms with van der Waals surface area (Å²) in [6.45, 7) is 14.7. The van der Waals surface area contributed by atoms with E-state index in [1.54, 1.807) is 0 Å². The molecule has 2 aliphatic rings. The topological polar surface area (TPSA) is 0 Å². The minimum Gasteiger partial charge on any atom is -0.0602 e. The van der Waals surface area contributed by atoms with Crippen LogP contribution in [0.5, 0.6) is 0 Å². The molecule has 0 saturated heterocycles. The highest BCUT2D eigenvalue weighted by molar-refractivity contribution is 5.09. The Morgan fingerprint density at radius 1 is 0.812 bits per heavy atom. The van der Waals surface area contributed by atoms with Crippen molar-refractivity contribution in [3.05, 3.63) is 0 Å². The fraction of sp³-hybridized carbons (Fsp3) is 1.00. The van der Waals surface area contributed by atoms with Gasteiger partial charge in [0.25, 0.3) is 0 Å². The first-order valence-electron chi connectivity index (χ1n) is 7.08. The van der Waals surface area contributed by atoms with Gasteiger partial charge in [0.1, 0.15) is 0 Å². The highest BCUT2D eigenvalue weighted by atomic mass is 14.6. The first-order chi connectivity index (χ1) is 7.08. The van der Waals surface area contributed by atoms with Gasteiger partial charge in [0, 0.05) is 0 Å². The summed E-state index contributed by atoms with van der Waals surface area (Å²) in [6.07, 6.45) is 8.96. The predicted octanol–water partition coefficient (Wildman–Crippen LogP) is 5.42. The third kappa shape index (κ3) is 2.17. The van der Waals surface area contributed by atoms with Crippen LogP contribution < -0.4 is 0 Å². The Morgan fingerprint density at radius 3 is 1.62 bits per heavy atom. The molecule has 0 aliphatic heterocycles. The summed E-state index contributed by atoms with van der Waals surface area (Å²) >= 11 is 0. The van der Waals surface area contributed by atoms with Gasteiger partial charge in [-0.25, -0.2) is 0 Å². The third-order valence-electron chi connectivity index (χ3n) is 5.26. The molecule has 0 heteroatoms. The van der Waals surface area contributed by atoms with Gasteiger partial charge in [0.15, 0.2) is 0 Å². The molecule has 0 nitrogen and oxygen atoms in total. The Labute approximate surface area is 102 Å². The van der Waals surface area contributed by atoms with Crippen molar-refractivity contribution in [1.29, 1.82) is 0 Å². The van der Waals surface area contributed by atoms with Crippen molar-refractivity contribution >= 4 is 0 Å². The number of hydrogen-bond donors (Lipinski definition) is 0. The molecule has 0 aromatic heterocycles. The molecule has 0 bridgehead atoms. The average Bonchev–Trinajstić information content (AvgIpc) is 2.65. The molecule has 0 heterocycles. The molecule has 1 atom stereocenters. The zero-order valence-electron chi connectivity index (χ0n) is 12.2. The minimum absolute atomic E-state index is 0.479. The molecule has 0 radical (unpaired) electrons. The standard InChI is InChI=1S/C16H30/c1-13(2,3)11-16(14(4,5)6)10-9-15(12-16)7-8-15/h7-12H2,1-6H3. The van der Waals surface area contributed by atoms with Crippen molar-refractivity contribution in [2.45, 2.75) is 80.1 Å². The summed E-state index contributed by atoms with van der Waals surface area (Å²) in [4.78, 5) is 0. The van der Waals surface area contributed by atoms with E-state index < -0.39 is 0 Å². The molecule has 0 amide bonds. The largest absolute Gasteiger partial charge is 0.0602 e. The van der Waals surface area contributed by atoms with Crippen molar-refractivity contribution in [2.75, 3.05) is 0 Å². The van der Waals surface area contributed by atoms with Gasteiger partial charge in [-0.2, -0.15) is 0 Å². The maximum atomic E-state index is 2.47. The summed E-state index contributed by atoms with van der Waals surface area (Å²) in [5.74, 6) is 0. The molecule has 1 unspecified atom stereocenters. The zero-order chi connectivity index (χ0) is 12.2. The molecule has 0 aromatic rings. The first-order valence-corrected chi connectivity index (χ1v) is 7.08. The van der Waals surface area contributed by atoms with Gasteiger partial charge in [0.05, 0.1) is 0 Å². The van der Waals surface area contributed by atoms with Gasteiger partial charge >= 0.3 is 0 Å².